The summed E-state index contributed by atoms with van der Waals surface area (Å²) in [5.74, 6) is 13.4. The molecule has 0 nitrogen and oxygen atoms in total. The van der Waals surface area contributed by atoms with E-state index in [0.717, 1.165) is 24.0 Å². The minimum atomic E-state index is 0.497. The Balaban J connectivity index is 2.03. The molecule has 0 heterocycles. The Kier molecular flexibility index (Phi) is 17.5. The van der Waals surface area contributed by atoms with Crippen LogP contribution in [0.3, 0.4) is 0 Å². The van der Waals surface area contributed by atoms with Crippen LogP contribution in [-0.2, 0) is 0 Å². The van der Waals surface area contributed by atoms with E-state index < -0.39 is 0 Å². The molecule has 0 spiro atoms. The van der Waals surface area contributed by atoms with Crippen molar-refractivity contribution in [3.63, 3.8) is 0 Å². The zero-order chi connectivity index (χ0) is 26.5. The maximum atomic E-state index is 3.36. The number of benzene rings is 1. The molecule has 0 aliphatic rings. The average Bonchev–Trinajstić information content (AvgIpc) is 2.80. The van der Waals surface area contributed by atoms with Gasteiger partial charge in [-0.1, -0.05) is 142 Å². The molecule has 0 bridgehead atoms. The number of hydrogen-bond donors (Lipinski definition) is 0. The van der Waals surface area contributed by atoms with Gasteiger partial charge in [0.25, 0.3) is 0 Å². The third-order valence-electron chi connectivity index (χ3n) is 6.81. The lowest BCUT2D eigenvalue weighted by Crippen LogP contribution is -2.03. The van der Waals surface area contributed by atoms with Crippen molar-refractivity contribution in [3.05, 3.63) is 35.4 Å². The molecule has 0 atom stereocenters. The number of hydrogen-bond acceptors (Lipinski definition) is 0. The van der Waals surface area contributed by atoms with E-state index in [9.17, 15) is 0 Å². The number of rotatable bonds is 16. The van der Waals surface area contributed by atoms with E-state index in [4.69, 9.17) is 0 Å². The average molecular weight is 491 g/mol. The van der Waals surface area contributed by atoms with E-state index in [1.54, 1.807) is 0 Å². The molecule has 0 aliphatic carbocycles. The zero-order valence-corrected chi connectivity index (χ0v) is 25.0. The van der Waals surface area contributed by atoms with Gasteiger partial charge in [-0.3, -0.25) is 0 Å². The summed E-state index contributed by atoms with van der Waals surface area (Å²) in [6.07, 6.45) is 23.7. The summed E-state index contributed by atoms with van der Waals surface area (Å²) in [4.78, 5) is 0. The van der Waals surface area contributed by atoms with Gasteiger partial charge in [-0.15, -0.1) is 0 Å². The first-order chi connectivity index (χ1) is 17.2. The van der Waals surface area contributed by atoms with Crippen molar-refractivity contribution in [1.82, 2.24) is 0 Å². The zero-order valence-electron chi connectivity index (χ0n) is 25.0. The summed E-state index contributed by atoms with van der Waals surface area (Å²) < 4.78 is 0. The molecular formula is C36H58. The molecule has 0 fully saturated rings. The number of unbranched alkanes of at least 4 members (excludes halogenated alkanes) is 14. The minimum absolute atomic E-state index is 0.497. The topological polar surface area (TPSA) is 0 Å². The largest absolute Gasteiger partial charge is 0.0979 e. The van der Waals surface area contributed by atoms with Crippen LogP contribution in [0.5, 0.6) is 0 Å². The molecule has 0 radical (unpaired) electrons. The van der Waals surface area contributed by atoms with Crippen LogP contribution in [0, 0.1) is 34.5 Å². The molecular weight excluding hydrogens is 432 g/mol. The predicted octanol–water partition coefficient (Wildman–Crippen LogP) is 11.5. The van der Waals surface area contributed by atoms with Crippen LogP contribution in [0.15, 0.2) is 24.3 Å². The fraction of sp³-hybridized carbons (Fsp3) is 0.722. The Morgan fingerprint density at radius 2 is 0.694 bits per heavy atom. The van der Waals surface area contributed by atoms with Gasteiger partial charge in [-0.2, -0.15) is 0 Å². The van der Waals surface area contributed by atoms with Gasteiger partial charge in [0.2, 0.25) is 0 Å². The Labute approximate surface area is 226 Å². The molecule has 0 aliphatic heterocycles. The molecule has 1 aromatic rings. The Bertz CT molecular complexity index is 704. The molecule has 0 aromatic heterocycles. The fourth-order valence-corrected chi connectivity index (χ4v) is 4.47. The SMILES string of the molecule is CC(C)(C)CCCCCCCCCC#Cc1ccc(C#CCCCCCCCCCC(C)(C)C)cc1. The normalized spacial score (nSPS) is 11.5. The van der Waals surface area contributed by atoms with E-state index in [2.05, 4.69) is 89.5 Å². The van der Waals surface area contributed by atoms with Crippen molar-refractivity contribution in [1.29, 1.82) is 0 Å². The van der Waals surface area contributed by atoms with Gasteiger partial charge in [0.05, 0.1) is 0 Å². The van der Waals surface area contributed by atoms with Crippen molar-refractivity contribution in [3.8, 4) is 23.7 Å². The van der Waals surface area contributed by atoms with Crippen LogP contribution in [0.25, 0.3) is 0 Å². The summed E-state index contributed by atoms with van der Waals surface area (Å²) in [5.41, 5.74) is 3.22. The second-order valence-corrected chi connectivity index (χ2v) is 13.3. The summed E-state index contributed by atoms with van der Waals surface area (Å²) in [5, 5.41) is 0. The second kappa shape index (κ2) is 19.5. The monoisotopic (exact) mass is 490 g/mol. The molecule has 0 saturated carbocycles. The van der Waals surface area contributed by atoms with Gasteiger partial charge in [0.1, 0.15) is 0 Å². The summed E-state index contributed by atoms with van der Waals surface area (Å²) in [6.45, 7) is 14.1. The predicted molar refractivity (Wildman–Crippen MR) is 162 cm³/mol. The van der Waals surface area contributed by atoms with Crippen LogP contribution in [0.1, 0.15) is 168 Å². The third-order valence-corrected chi connectivity index (χ3v) is 6.81. The van der Waals surface area contributed by atoms with E-state index in [0.29, 0.717) is 10.8 Å². The molecule has 36 heavy (non-hydrogen) atoms. The first kappa shape index (κ1) is 32.4. The van der Waals surface area contributed by atoms with Crippen molar-refractivity contribution >= 4 is 0 Å². The highest BCUT2D eigenvalue weighted by Gasteiger charge is 2.09. The van der Waals surface area contributed by atoms with Gasteiger partial charge in [0.15, 0.2) is 0 Å². The van der Waals surface area contributed by atoms with Crippen LogP contribution in [0.4, 0.5) is 0 Å². The van der Waals surface area contributed by atoms with Crippen molar-refractivity contribution in [2.75, 3.05) is 0 Å². The van der Waals surface area contributed by atoms with Gasteiger partial charge < -0.3 is 0 Å². The van der Waals surface area contributed by atoms with Crippen molar-refractivity contribution in [2.24, 2.45) is 10.8 Å². The quantitative estimate of drug-likeness (QED) is 0.160. The third kappa shape index (κ3) is 21.6. The van der Waals surface area contributed by atoms with E-state index in [1.807, 2.05) is 0 Å². The first-order valence-electron chi connectivity index (χ1n) is 15.2. The van der Waals surface area contributed by atoms with Gasteiger partial charge in [-0.25, -0.2) is 0 Å². The van der Waals surface area contributed by atoms with Gasteiger partial charge in [-0.05, 0) is 60.8 Å². The first-order valence-corrected chi connectivity index (χ1v) is 15.2. The molecule has 0 N–H and O–H groups in total. The van der Waals surface area contributed by atoms with E-state index >= 15 is 0 Å². The van der Waals surface area contributed by atoms with Crippen LogP contribution in [-0.4, -0.2) is 0 Å². The fourth-order valence-electron chi connectivity index (χ4n) is 4.47. The minimum Gasteiger partial charge on any atom is -0.0979 e. The highest BCUT2D eigenvalue weighted by Crippen LogP contribution is 2.23. The molecule has 0 heteroatoms. The molecule has 202 valence electrons. The lowest BCUT2D eigenvalue weighted by molar-refractivity contribution is 0.356. The summed E-state index contributed by atoms with van der Waals surface area (Å²) >= 11 is 0. The Morgan fingerprint density at radius 3 is 1.00 bits per heavy atom. The van der Waals surface area contributed by atoms with Gasteiger partial charge >= 0.3 is 0 Å². The van der Waals surface area contributed by atoms with Crippen LogP contribution < -0.4 is 0 Å². The van der Waals surface area contributed by atoms with Crippen LogP contribution in [0.2, 0.25) is 0 Å². The molecule has 0 unspecified atom stereocenters. The lowest BCUT2D eigenvalue weighted by Gasteiger charge is -2.17. The standard InChI is InChI=1S/C36H58/c1-35(2,3)31-23-19-15-11-7-9-13-17-21-25-33-27-29-34(30-28-33)26-22-18-14-10-8-12-16-20-24-32-36(4,5)6/h27-30H,7-20,23-24,31-32H2,1-6H3. The molecule has 1 aromatic carbocycles. The molecule has 1 rings (SSSR count). The Hall–Kier alpha value is -1.66. The van der Waals surface area contributed by atoms with Crippen molar-refractivity contribution in [2.45, 2.75) is 157 Å². The lowest BCUT2D eigenvalue weighted by atomic mass is 9.89. The molecule has 0 saturated heterocycles. The highest BCUT2D eigenvalue weighted by molar-refractivity contribution is 5.41. The van der Waals surface area contributed by atoms with E-state index in [-0.39, 0.29) is 0 Å². The highest BCUT2D eigenvalue weighted by atomic mass is 14.1. The second-order valence-electron chi connectivity index (χ2n) is 13.3. The summed E-state index contributed by atoms with van der Waals surface area (Å²) in [7, 11) is 0. The smallest absolute Gasteiger partial charge is 0.0246 e. The maximum absolute atomic E-state index is 3.36. The maximum Gasteiger partial charge on any atom is 0.0246 e. The van der Waals surface area contributed by atoms with Crippen LogP contribution >= 0.6 is 0 Å². The van der Waals surface area contributed by atoms with Gasteiger partial charge in [0, 0.05) is 24.0 Å². The Morgan fingerprint density at radius 1 is 0.417 bits per heavy atom. The van der Waals surface area contributed by atoms with E-state index in [1.165, 1.54) is 103 Å². The molecule has 0 amide bonds. The van der Waals surface area contributed by atoms with Crippen molar-refractivity contribution < 1.29 is 0 Å². The summed E-state index contributed by atoms with van der Waals surface area (Å²) in [6, 6.07) is 8.48.